The van der Waals surface area contributed by atoms with Crippen LogP contribution in [0.3, 0.4) is 0 Å². The number of aromatic nitrogens is 1. The van der Waals surface area contributed by atoms with Crippen molar-refractivity contribution in [3.8, 4) is 6.07 Å². The van der Waals surface area contributed by atoms with Crippen molar-refractivity contribution in [2.24, 2.45) is 0 Å². The molecule has 1 aliphatic rings. The third-order valence-electron chi connectivity index (χ3n) is 3.99. The molecule has 0 atom stereocenters. The summed E-state index contributed by atoms with van der Waals surface area (Å²) in [6.45, 7) is 0. The van der Waals surface area contributed by atoms with Crippen LogP contribution in [0.15, 0.2) is 47.8 Å². The second-order valence-corrected chi connectivity index (χ2v) is 6.45. The first-order chi connectivity index (χ1) is 10.8. The number of hydrogen-bond acceptors (Lipinski definition) is 3. The van der Waals surface area contributed by atoms with E-state index in [9.17, 15) is 5.26 Å². The van der Waals surface area contributed by atoms with E-state index < -0.39 is 0 Å². The zero-order valence-corrected chi connectivity index (χ0v) is 12.8. The molecule has 2 aromatic carbocycles. The average molecular weight is 302 g/mol. The summed E-state index contributed by atoms with van der Waals surface area (Å²) in [5, 5.41) is 14.8. The van der Waals surface area contributed by atoms with Gasteiger partial charge in [-0.2, -0.15) is 5.26 Å². The van der Waals surface area contributed by atoms with Gasteiger partial charge in [0.05, 0.1) is 11.3 Å². The van der Waals surface area contributed by atoms with Crippen LogP contribution in [0, 0.1) is 11.3 Å². The highest BCUT2D eigenvalue weighted by Crippen LogP contribution is 2.41. The Bertz CT molecular complexity index is 905. The monoisotopic (exact) mass is 302 g/mol. The SMILES string of the molecule is N#CC(=Cc1cccc2ccccc12)c1nc(C2CC2)cs1. The zero-order valence-electron chi connectivity index (χ0n) is 12.0. The molecule has 1 heterocycles. The third kappa shape index (κ3) is 2.43. The number of nitrogens with zero attached hydrogens (tertiary/aromatic N) is 2. The maximum atomic E-state index is 9.52. The second-order valence-electron chi connectivity index (χ2n) is 5.59. The Morgan fingerprint density at radius 1 is 1.18 bits per heavy atom. The summed E-state index contributed by atoms with van der Waals surface area (Å²) in [6, 6.07) is 16.7. The minimum Gasteiger partial charge on any atom is -0.240 e. The molecule has 0 aliphatic heterocycles. The Morgan fingerprint density at radius 3 is 2.82 bits per heavy atom. The molecule has 4 rings (SSSR count). The maximum absolute atomic E-state index is 9.52. The molecule has 2 nitrogen and oxygen atoms in total. The topological polar surface area (TPSA) is 36.7 Å². The van der Waals surface area contributed by atoms with E-state index in [4.69, 9.17) is 0 Å². The predicted molar refractivity (Wildman–Crippen MR) is 91.5 cm³/mol. The zero-order chi connectivity index (χ0) is 14.9. The van der Waals surface area contributed by atoms with Gasteiger partial charge in [-0.3, -0.25) is 0 Å². The quantitative estimate of drug-likeness (QED) is 0.620. The molecular formula is C19H14N2S. The maximum Gasteiger partial charge on any atom is 0.134 e. The molecule has 0 radical (unpaired) electrons. The van der Waals surface area contributed by atoms with Crippen molar-refractivity contribution in [1.82, 2.24) is 4.98 Å². The first-order valence-electron chi connectivity index (χ1n) is 7.40. The van der Waals surface area contributed by atoms with Crippen LogP contribution in [0.25, 0.3) is 22.4 Å². The van der Waals surface area contributed by atoms with Gasteiger partial charge >= 0.3 is 0 Å². The molecule has 1 fully saturated rings. The fraction of sp³-hybridized carbons (Fsp3) is 0.158. The van der Waals surface area contributed by atoms with Crippen LogP contribution < -0.4 is 0 Å². The molecule has 106 valence electrons. The van der Waals surface area contributed by atoms with E-state index >= 15 is 0 Å². The van der Waals surface area contributed by atoms with Crippen LogP contribution in [0.5, 0.6) is 0 Å². The predicted octanol–water partition coefficient (Wildman–Crippen LogP) is 5.24. The van der Waals surface area contributed by atoms with Gasteiger partial charge < -0.3 is 0 Å². The van der Waals surface area contributed by atoms with Crippen LogP contribution in [0.4, 0.5) is 0 Å². The van der Waals surface area contributed by atoms with Crippen LogP contribution >= 0.6 is 11.3 Å². The Hall–Kier alpha value is -2.44. The normalized spacial score (nSPS) is 15.0. The molecule has 1 saturated carbocycles. The number of thiazole rings is 1. The summed E-state index contributed by atoms with van der Waals surface area (Å²) in [4.78, 5) is 4.65. The van der Waals surface area contributed by atoms with Crippen molar-refractivity contribution in [3.05, 3.63) is 64.1 Å². The Labute approximate surface area is 133 Å². The summed E-state index contributed by atoms with van der Waals surface area (Å²) < 4.78 is 0. The number of fused-ring (bicyclic) bond motifs is 1. The van der Waals surface area contributed by atoms with E-state index in [-0.39, 0.29) is 0 Å². The Kier molecular flexibility index (Phi) is 3.25. The van der Waals surface area contributed by atoms with Crippen LogP contribution in [0.1, 0.15) is 35.0 Å². The van der Waals surface area contributed by atoms with E-state index in [1.54, 1.807) is 11.3 Å². The van der Waals surface area contributed by atoms with Crippen molar-refractivity contribution in [1.29, 1.82) is 5.26 Å². The molecule has 0 amide bonds. The van der Waals surface area contributed by atoms with Gasteiger partial charge in [0.15, 0.2) is 0 Å². The molecule has 3 aromatic rings. The third-order valence-corrected chi connectivity index (χ3v) is 4.89. The van der Waals surface area contributed by atoms with Gasteiger partial charge in [-0.15, -0.1) is 11.3 Å². The first-order valence-corrected chi connectivity index (χ1v) is 8.28. The van der Waals surface area contributed by atoms with E-state index in [1.165, 1.54) is 18.2 Å². The number of nitriles is 1. The number of hydrogen-bond donors (Lipinski definition) is 0. The van der Waals surface area contributed by atoms with Gasteiger partial charge in [0.2, 0.25) is 0 Å². The first kappa shape index (κ1) is 13.2. The van der Waals surface area contributed by atoms with Gasteiger partial charge in [0, 0.05) is 11.3 Å². The number of allylic oxidation sites excluding steroid dienone is 1. The van der Waals surface area contributed by atoms with Gasteiger partial charge in [-0.25, -0.2) is 4.98 Å². The summed E-state index contributed by atoms with van der Waals surface area (Å²) in [5.74, 6) is 0.627. The molecule has 0 N–H and O–H groups in total. The summed E-state index contributed by atoms with van der Waals surface area (Å²) in [7, 11) is 0. The molecule has 1 aliphatic carbocycles. The van der Waals surface area contributed by atoms with Crippen molar-refractivity contribution in [2.75, 3.05) is 0 Å². The van der Waals surface area contributed by atoms with E-state index in [0.29, 0.717) is 11.5 Å². The second kappa shape index (κ2) is 5.40. The van der Waals surface area contributed by atoms with Crippen molar-refractivity contribution >= 4 is 33.8 Å². The number of rotatable bonds is 3. The molecule has 0 spiro atoms. The van der Waals surface area contributed by atoms with E-state index in [2.05, 4.69) is 40.7 Å². The van der Waals surface area contributed by atoms with Crippen molar-refractivity contribution in [3.63, 3.8) is 0 Å². The fourth-order valence-corrected chi connectivity index (χ4v) is 3.52. The minimum absolute atomic E-state index is 0.627. The summed E-state index contributed by atoms with van der Waals surface area (Å²) >= 11 is 1.57. The molecule has 0 bridgehead atoms. The van der Waals surface area contributed by atoms with Gasteiger partial charge in [-0.1, -0.05) is 42.5 Å². The molecule has 3 heteroatoms. The number of benzene rings is 2. The van der Waals surface area contributed by atoms with Gasteiger partial charge in [-0.05, 0) is 35.3 Å². The molecular weight excluding hydrogens is 288 g/mol. The van der Waals surface area contributed by atoms with Crippen LogP contribution in [0.2, 0.25) is 0 Å². The molecule has 0 unspecified atom stereocenters. The summed E-state index contributed by atoms with van der Waals surface area (Å²) in [6.07, 6.45) is 4.42. The lowest BCUT2D eigenvalue weighted by Crippen LogP contribution is -1.85. The lowest BCUT2D eigenvalue weighted by atomic mass is 10.0. The average Bonchev–Trinajstić information content (AvgIpc) is 3.30. The summed E-state index contributed by atoms with van der Waals surface area (Å²) in [5.41, 5.74) is 2.87. The van der Waals surface area contributed by atoms with E-state index in [0.717, 1.165) is 21.7 Å². The Morgan fingerprint density at radius 2 is 2.00 bits per heavy atom. The Balaban J connectivity index is 1.79. The largest absolute Gasteiger partial charge is 0.240 e. The van der Waals surface area contributed by atoms with Crippen LogP contribution in [-0.4, -0.2) is 4.98 Å². The highest BCUT2D eigenvalue weighted by Gasteiger charge is 2.26. The molecule has 0 saturated heterocycles. The standard InChI is InChI=1S/C19H14N2S/c20-11-16(19-21-18(12-22-19)14-8-9-14)10-15-6-3-5-13-4-1-2-7-17(13)15/h1-7,10,12,14H,8-9H2. The fourth-order valence-electron chi connectivity index (χ4n) is 2.65. The van der Waals surface area contributed by atoms with E-state index in [1.807, 2.05) is 24.3 Å². The van der Waals surface area contributed by atoms with Gasteiger partial charge in [0.1, 0.15) is 11.1 Å². The highest BCUT2D eigenvalue weighted by atomic mass is 32.1. The van der Waals surface area contributed by atoms with Crippen molar-refractivity contribution in [2.45, 2.75) is 18.8 Å². The lowest BCUT2D eigenvalue weighted by Gasteiger charge is -2.02. The van der Waals surface area contributed by atoms with Crippen molar-refractivity contribution < 1.29 is 0 Å². The molecule has 1 aromatic heterocycles. The minimum atomic E-state index is 0.627. The molecule has 22 heavy (non-hydrogen) atoms. The lowest BCUT2D eigenvalue weighted by molar-refractivity contribution is 1.05. The smallest absolute Gasteiger partial charge is 0.134 e. The van der Waals surface area contributed by atoms with Gasteiger partial charge in [0.25, 0.3) is 0 Å². The highest BCUT2D eigenvalue weighted by molar-refractivity contribution is 7.11. The van der Waals surface area contributed by atoms with Crippen LogP contribution in [-0.2, 0) is 0 Å².